The van der Waals surface area contributed by atoms with Crippen LogP contribution in [0.15, 0.2) is 53.4 Å². The molecule has 6 nitrogen and oxygen atoms in total. The molecule has 0 saturated heterocycles. The Morgan fingerprint density at radius 1 is 1.15 bits per heavy atom. The third-order valence-electron chi connectivity index (χ3n) is 3.59. The van der Waals surface area contributed by atoms with Crippen LogP contribution in [0, 0.1) is 0 Å². The Labute approximate surface area is 158 Å². The summed E-state index contributed by atoms with van der Waals surface area (Å²) >= 11 is 5.95. The number of hydrogen-bond acceptors (Lipinski definition) is 4. The minimum absolute atomic E-state index is 0.00533. The number of sulfonamides is 1. The van der Waals surface area contributed by atoms with E-state index in [1.807, 2.05) is 13.0 Å². The van der Waals surface area contributed by atoms with Gasteiger partial charge in [-0.05, 0) is 31.2 Å². The quantitative estimate of drug-likeness (QED) is 0.744. The highest BCUT2D eigenvalue weighted by molar-refractivity contribution is 7.89. The largest absolute Gasteiger partial charge is 0.492 e. The number of nitrogens with one attached hydrogen (secondary N) is 1. The predicted molar refractivity (Wildman–Crippen MR) is 102 cm³/mol. The van der Waals surface area contributed by atoms with Gasteiger partial charge < -0.3 is 9.64 Å². The van der Waals surface area contributed by atoms with Crippen LogP contribution in [-0.4, -0.2) is 34.0 Å². The van der Waals surface area contributed by atoms with Gasteiger partial charge in [-0.2, -0.15) is 0 Å². The number of para-hydroxylation sites is 2. The van der Waals surface area contributed by atoms with Crippen LogP contribution in [0.1, 0.15) is 13.8 Å². The fourth-order valence-corrected chi connectivity index (χ4v) is 3.98. The average molecular weight is 397 g/mol. The van der Waals surface area contributed by atoms with Crippen molar-refractivity contribution in [3.8, 4) is 5.75 Å². The lowest BCUT2D eigenvalue weighted by atomic mass is 10.2. The summed E-state index contributed by atoms with van der Waals surface area (Å²) in [7, 11) is -3.77. The Morgan fingerprint density at radius 3 is 2.46 bits per heavy atom. The van der Waals surface area contributed by atoms with Gasteiger partial charge in [0.15, 0.2) is 0 Å². The minimum atomic E-state index is -3.77. The highest BCUT2D eigenvalue weighted by Crippen LogP contribution is 2.28. The molecule has 0 radical (unpaired) electrons. The molecule has 0 spiro atoms. The van der Waals surface area contributed by atoms with Crippen LogP contribution < -0.4 is 14.4 Å². The van der Waals surface area contributed by atoms with Crippen molar-refractivity contribution in [2.45, 2.75) is 18.7 Å². The molecule has 0 aliphatic carbocycles. The van der Waals surface area contributed by atoms with Gasteiger partial charge in [-0.15, -0.1) is 0 Å². The second kappa shape index (κ2) is 9.02. The number of carbonyl (C=O) groups is 1. The Bertz CT molecular complexity index is 871. The molecule has 0 heterocycles. The lowest BCUT2D eigenvalue weighted by molar-refractivity contribution is -0.116. The fourth-order valence-electron chi connectivity index (χ4n) is 2.44. The van der Waals surface area contributed by atoms with Gasteiger partial charge in [0.2, 0.25) is 15.9 Å². The van der Waals surface area contributed by atoms with E-state index in [2.05, 4.69) is 4.72 Å². The molecular weight excluding hydrogens is 376 g/mol. The van der Waals surface area contributed by atoms with Crippen LogP contribution in [-0.2, 0) is 14.8 Å². The number of carbonyl (C=O) groups excluding carboxylic acids is 1. The molecule has 2 aromatic rings. The summed E-state index contributed by atoms with van der Waals surface area (Å²) in [6, 6.07) is 13.3. The molecule has 0 unspecified atom stereocenters. The summed E-state index contributed by atoms with van der Waals surface area (Å²) < 4.78 is 32.8. The van der Waals surface area contributed by atoms with E-state index in [-0.39, 0.29) is 28.9 Å². The summed E-state index contributed by atoms with van der Waals surface area (Å²) in [4.78, 5) is 13.5. The molecule has 0 aliphatic heterocycles. The number of benzene rings is 2. The van der Waals surface area contributed by atoms with E-state index in [9.17, 15) is 13.2 Å². The summed E-state index contributed by atoms with van der Waals surface area (Å²) in [6.07, 6.45) is 0. The van der Waals surface area contributed by atoms with Crippen LogP contribution in [0.25, 0.3) is 0 Å². The molecule has 0 aromatic heterocycles. The van der Waals surface area contributed by atoms with Crippen molar-refractivity contribution in [1.82, 2.24) is 4.72 Å². The van der Waals surface area contributed by atoms with Crippen LogP contribution in [0.4, 0.5) is 5.69 Å². The first-order chi connectivity index (χ1) is 12.4. The zero-order chi connectivity index (χ0) is 19.2. The fraction of sp³-hybridized carbons (Fsp3) is 0.278. The number of rotatable bonds is 8. The van der Waals surface area contributed by atoms with Crippen LogP contribution in [0.2, 0.25) is 5.02 Å². The number of nitrogens with zero attached hydrogens (tertiary/aromatic N) is 1. The maximum Gasteiger partial charge on any atom is 0.242 e. The molecule has 8 heteroatoms. The van der Waals surface area contributed by atoms with E-state index >= 15 is 0 Å². The summed E-state index contributed by atoms with van der Waals surface area (Å²) in [5.41, 5.74) is 0.596. The zero-order valence-electron chi connectivity index (χ0n) is 14.6. The topological polar surface area (TPSA) is 75.7 Å². The van der Waals surface area contributed by atoms with Gasteiger partial charge in [-0.3, -0.25) is 4.79 Å². The molecule has 140 valence electrons. The number of amides is 1. The SMILES string of the molecule is CCOc1ccccc1N(CCNS(=O)(=O)c1ccccc1Cl)C(C)=O. The van der Waals surface area contributed by atoms with Crippen molar-refractivity contribution < 1.29 is 17.9 Å². The van der Waals surface area contributed by atoms with Crippen LogP contribution in [0.3, 0.4) is 0 Å². The number of halogens is 1. The molecule has 0 atom stereocenters. The molecule has 0 saturated carbocycles. The number of ether oxygens (including phenoxy) is 1. The number of anilines is 1. The molecule has 1 N–H and O–H groups in total. The maximum absolute atomic E-state index is 12.4. The van der Waals surface area contributed by atoms with Gasteiger partial charge in [0.25, 0.3) is 0 Å². The first kappa shape index (κ1) is 20.2. The highest BCUT2D eigenvalue weighted by atomic mass is 35.5. The van der Waals surface area contributed by atoms with E-state index < -0.39 is 10.0 Å². The molecular formula is C18H21ClN2O4S. The van der Waals surface area contributed by atoms with Gasteiger partial charge in [-0.1, -0.05) is 35.9 Å². The van der Waals surface area contributed by atoms with Gasteiger partial charge in [-0.25, -0.2) is 13.1 Å². The maximum atomic E-state index is 12.4. The predicted octanol–water partition coefficient (Wildman–Crippen LogP) is 3.07. The minimum Gasteiger partial charge on any atom is -0.492 e. The first-order valence-corrected chi connectivity index (χ1v) is 9.97. The lowest BCUT2D eigenvalue weighted by Gasteiger charge is -2.23. The summed E-state index contributed by atoms with van der Waals surface area (Å²) in [6.45, 7) is 3.93. The Balaban J connectivity index is 2.13. The van der Waals surface area contributed by atoms with Gasteiger partial charge in [0.1, 0.15) is 10.6 Å². The summed E-state index contributed by atoms with van der Waals surface area (Å²) in [5.74, 6) is 0.355. The lowest BCUT2D eigenvalue weighted by Crippen LogP contribution is -2.37. The molecule has 0 bridgehead atoms. The van der Waals surface area contributed by atoms with E-state index in [1.54, 1.807) is 30.3 Å². The second-order valence-corrected chi connectivity index (χ2v) is 7.54. The third-order valence-corrected chi connectivity index (χ3v) is 5.55. The monoisotopic (exact) mass is 396 g/mol. The number of hydrogen-bond donors (Lipinski definition) is 1. The van der Waals surface area contributed by atoms with Gasteiger partial charge in [0.05, 0.1) is 17.3 Å². The highest BCUT2D eigenvalue weighted by Gasteiger charge is 2.20. The molecule has 0 fully saturated rings. The second-order valence-electron chi connectivity index (χ2n) is 5.40. The van der Waals surface area contributed by atoms with Gasteiger partial charge >= 0.3 is 0 Å². The van der Waals surface area contributed by atoms with Crippen molar-refractivity contribution >= 4 is 33.2 Å². The molecule has 2 aromatic carbocycles. The third kappa shape index (κ3) is 4.97. The van der Waals surface area contributed by atoms with Crippen LogP contribution >= 0.6 is 11.6 Å². The smallest absolute Gasteiger partial charge is 0.242 e. The van der Waals surface area contributed by atoms with E-state index in [0.717, 1.165) is 0 Å². The molecule has 0 aliphatic rings. The van der Waals surface area contributed by atoms with E-state index in [0.29, 0.717) is 18.0 Å². The molecule has 2 rings (SSSR count). The Kier molecular flexibility index (Phi) is 7.02. The summed E-state index contributed by atoms with van der Waals surface area (Å²) in [5, 5.41) is 0.144. The van der Waals surface area contributed by atoms with Crippen molar-refractivity contribution in [2.75, 3.05) is 24.6 Å². The van der Waals surface area contributed by atoms with Crippen molar-refractivity contribution in [1.29, 1.82) is 0 Å². The molecule has 26 heavy (non-hydrogen) atoms. The molecule has 1 amide bonds. The van der Waals surface area contributed by atoms with Crippen molar-refractivity contribution in [3.05, 3.63) is 53.6 Å². The van der Waals surface area contributed by atoms with E-state index in [1.165, 1.54) is 24.0 Å². The van der Waals surface area contributed by atoms with Crippen molar-refractivity contribution in [2.24, 2.45) is 0 Å². The first-order valence-electron chi connectivity index (χ1n) is 8.11. The van der Waals surface area contributed by atoms with Gasteiger partial charge in [0, 0.05) is 20.0 Å². The Hall–Kier alpha value is -2.09. The van der Waals surface area contributed by atoms with Crippen LogP contribution in [0.5, 0.6) is 5.75 Å². The van der Waals surface area contributed by atoms with Crippen molar-refractivity contribution in [3.63, 3.8) is 0 Å². The standard InChI is InChI=1S/C18H21ClN2O4S/c1-3-25-17-10-6-5-9-16(17)21(14(2)22)13-12-20-26(23,24)18-11-7-4-8-15(18)19/h4-11,20H,3,12-13H2,1-2H3. The zero-order valence-corrected chi connectivity index (χ0v) is 16.2. The van der Waals surface area contributed by atoms with E-state index in [4.69, 9.17) is 16.3 Å². The average Bonchev–Trinajstić information content (AvgIpc) is 2.60. The Morgan fingerprint density at radius 2 is 1.81 bits per heavy atom. The normalized spacial score (nSPS) is 11.2.